The molecule has 0 radical (unpaired) electrons. The third-order valence-corrected chi connectivity index (χ3v) is 3.55. The first kappa shape index (κ1) is 15.5. The van der Waals surface area contributed by atoms with Crippen LogP contribution in [0.2, 0.25) is 0 Å². The van der Waals surface area contributed by atoms with Crippen LogP contribution >= 0.6 is 15.9 Å². The maximum absolute atomic E-state index is 11.5. The summed E-state index contributed by atoms with van der Waals surface area (Å²) < 4.78 is 2.55. The van der Waals surface area contributed by atoms with E-state index in [1.807, 2.05) is 6.92 Å². The van der Waals surface area contributed by atoms with Crippen molar-refractivity contribution in [2.75, 3.05) is 0 Å². The monoisotopic (exact) mass is 332 g/mol. The van der Waals surface area contributed by atoms with E-state index < -0.39 is 18.0 Å². The van der Waals surface area contributed by atoms with Crippen LogP contribution in [0.15, 0.2) is 4.47 Å². The van der Waals surface area contributed by atoms with E-state index in [4.69, 9.17) is 5.11 Å². The fraction of sp³-hybridized carbons (Fsp3) is 0.545. The molecule has 106 valence electrons. The standard InChI is InChI=1S/C11H17BrN4O3/c1-4-7-9(12)8(16(3)15-7)5-13-11(19)14-6(2)10(17)18/h6H,4-5H2,1-3H3,(H,17,18)(H2,13,14,19). The number of hydrogen-bond donors (Lipinski definition) is 3. The summed E-state index contributed by atoms with van der Waals surface area (Å²) in [4.78, 5) is 22.1. The van der Waals surface area contributed by atoms with E-state index in [-0.39, 0.29) is 6.54 Å². The van der Waals surface area contributed by atoms with Crippen molar-refractivity contribution in [3.05, 3.63) is 15.9 Å². The number of carboxylic acids is 1. The molecule has 1 rings (SSSR count). The lowest BCUT2D eigenvalue weighted by Crippen LogP contribution is -2.44. The lowest BCUT2D eigenvalue weighted by atomic mass is 10.3. The molecule has 0 fully saturated rings. The van der Waals surface area contributed by atoms with Crippen molar-refractivity contribution in [2.45, 2.75) is 32.9 Å². The minimum atomic E-state index is -1.08. The number of carboxylic acid groups (broad SMARTS) is 1. The molecule has 0 saturated heterocycles. The number of amides is 2. The lowest BCUT2D eigenvalue weighted by Gasteiger charge is -2.11. The van der Waals surface area contributed by atoms with Crippen LogP contribution in [0, 0.1) is 0 Å². The van der Waals surface area contributed by atoms with Gasteiger partial charge in [0.2, 0.25) is 0 Å². The van der Waals surface area contributed by atoms with Crippen molar-refractivity contribution in [1.82, 2.24) is 20.4 Å². The van der Waals surface area contributed by atoms with Crippen molar-refractivity contribution in [1.29, 1.82) is 0 Å². The summed E-state index contributed by atoms with van der Waals surface area (Å²) >= 11 is 3.44. The van der Waals surface area contributed by atoms with Gasteiger partial charge in [0.1, 0.15) is 6.04 Å². The van der Waals surface area contributed by atoms with E-state index in [1.54, 1.807) is 11.7 Å². The molecule has 1 unspecified atom stereocenters. The zero-order chi connectivity index (χ0) is 14.6. The van der Waals surface area contributed by atoms with Crippen LogP contribution in [-0.2, 0) is 24.8 Å². The molecule has 0 aliphatic carbocycles. The molecular weight excluding hydrogens is 316 g/mol. The molecule has 7 nitrogen and oxygen atoms in total. The number of halogens is 1. The minimum Gasteiger partial charge on any atom is -0.480 e. The lowest BCUT2D eigenvalue weighted by molar-refractivity contribution is -0.138. The first-order valence-electron chi connectivity index (χ1n) is 5.84. The van der Waals surface area contributed by atoms with E-state index in [2.05, 4.69) is 31.7 Å². The second kappa shape index (κ2) is 6.55. The van der Waals surface area contributed by atoms with Gasteiger partial charge in [0.05, 0.1) is 22.4 Å². The Labute approximate surface area is 119 Å². The molecule has 3 N–H and O–H groups in total. The molecular formula is C11H17BrN4O3. The Morgan fingerprint density at radius 1 is 1.53 bits per heavy atom. The van der Waals surface area contributed by atoms with E-state index in [0.29, 0.717) is 0 Å². The van der Waals surface area contributed by atoms with Gasteiger partial charge >= 0.3 is 12.0 Å². The van der Waals surface area contributed by atoms with Gasteiger partial charge in [-0.25, -0.2) is 4.79 Å². The number of carbonyl (C=O) groups is 2. The van der Waals surface area contributed by atoms with Crippen molar-refractivity contribution in [2.24, 2.45) is 7.05 Å². The smallest absolute Gasteiger partial charge is 0.325 e. The Kier molecular flexibility index (Phi) is 5.34. The van der Waals surface area contributed by atoms with Gasteiger partial charge in [0, 0.05) is 7.05 Å². The van der Waals surface area contributed by atoms with Gasteiger partial charge in [-0.1, -0.05) is 6.92 Å². The van der Waals surface area contributed by atoms with Gasteiger partial charge in [0.15, 0.2) is 0 Å². The largest absolute Gasteiger partial charge is 0.480 e. The third kappa shape index (κ3) is 3.95. The number of nitrogens with zero attached hydrogens (tertiary/aromatic N) is 2. The van der Waals surface area contributed by atoms with E-state index in [1.165, 1.54) is 6.92 Å². The van der Waals surface area contributed by atoms with Crippen LogP contribution < -0.4 is 10.6 Å². The second-order valence-electron chi connectivity index (χ2n) is 4.07. The summed E-state index contributed by atoms with van der Waals surface area (Å²) in [6.45, 7) is 3.66. The number of carbonyl (C=O) groups excluding carboxylic acids is 1. The van der Waals surface area contributed by atoms with Gasteiger partial charge in [-0.05, 0) is 29.3 Å². The van der Waals surface area contributed by atoms with Gasteiger partial charge in [-0.15, -0.1) is 0 Å². The van der Waals surface area contributed by atoms with Gasteiger partial charge in [-0.3, -0.25) is 9.48 Å². The number of nitrogens with one attached hydrogen (secondary N) is 2. The highest BCUT2D eigenvalue weighted by Gasteiger charge is 2.16. The number of aryl methyl sites for hydroxylation is 2. The summed E-state index contributed by atoms with van der Waals surface area (Å²) in [6, 6.07) is -1.46. The zero-order valence-electron chi connectivity index (χ0n) is 11.0. The topological polar surface area (TPSA) is 96.3 Å². The summed E-state index contributed by atoms with van der Waals surface area (Å²) in [6.07, 6.45) is 0.788. The highest BCUT2D eigenvalue weighted by Crippen LogP contribution is 2.21. The maximum atomic E-state index is 11.5. The van der Waals surface area contributed by atoms with E-state index in [9.17, 15) is 9.59 Å². The van der Waals surface area contributed by atoms with Crippen LogP contribution in [0.3, 0.4) is 0 Å². The Morgan fingerprint density at radius 3 is 2.63 bits per heavy atom. The van der Waals surface area contributed by atoms with Crippen LogP contribution in [-0.4, -0.2) is 32.9 Å². The highest BCUT2D eigenvalue weighted by atomic mass is 79.9. The molecule has 0 bridgehead atoms. The van der Waals surface area contributed by atoms with Gasteiger partial charge in [0.25, 0.3) is 0 Å². The van der Waals surface area contributed by atoms with Crippen molar-refractivity contribution in [3.8, 4) is 0 Å². The summed E-state index contributed by atoms with van der Waals surface area (Å²) in [5.41, 5.74) is 1.74. The molecule has 2 amide bonds. The summed E-state index contributed by atoms with van der Waals surface area (Å²) in [5.74, 6) is -1.08. The zero-order valence-corrected chi connectivity index (χ0v) is 12.6. The average Bonchev–Trinajstić information content (AvgIpc) is 2.61. The predicted molar refractivity (Wildman–Crippen MR) is 72.8 cm³/mol. The number of rotatable bonds is 5. The molecule has 0 aromatic carbocycles. The molecule has 0 saturated carbocycles. The Balaban J connectivity index is 2.60. The molecule has 0 aliphatic heterocycles. The van der Waals surface area contributed by atoms with Crippen molar-refractivity contribution >= 4 is 27.9 Å². The third-order valence-electron chi connectivity index (χ3n) is 2.64. The number of hydrogen-bond acceptors (Lipinski definition) is 3. The number of urea groups is 1. The Hall–Kier alpha value is -1.57. The summed E-state index contributed by atoms with van der Waals surface area (Å²) in [7, 11) is 1.79. The van der Waals surface area contributed by atoms with Crippen LogP contribution in [0.5, 0.6) is 0 Å². The van der Waals surface area contributed by atoms with Crippen LogP contribution in [0.1, 0.15) is 25.2 Å². The SMILES string of the molecule is CCc1nn(C)c(CNC(=O)NC(C)C(=O)O)c1Br. The van der Waals surface area contributed by atoms with Crippen LogP contribution in [0.25, 0.3) is 0 Å². The van der Waals surface area contributed by atoms with Gasteiger partial charge in [-0.2, -0.15) is 5.10 Å². The molecule has 1 aromatic heterocycles. The van der Waals surface area contributed by atoms with Crippen molar-refractivity contribution < 1.29 is 14.7 Å². The molecule has 8 heteroatoms. The minimum absolute atomic E-state index is 0.266. The van der Waals surface area contributed by atoms with E-state index in [0.717, 1.165) is 22.3 Å². The Bertz CT molecular complexity index is 487. The average molecular weight is 333 g/mol. The highest BCUT2D eigenvalue weighted by molar-refractivity contribution is 9.10. The summed E-state index contributed by atoms with van der Waals surface area (Å²) in [5, 5.41) is 17.9. The quantitative estimate of drug-likeness (QED) is 0.749. The second-order valence-corrected chi connectivity index (χ2v) is 4.86. The Morgan fingerprint density at radius 2 is 2.16 bits per heavy atom. The number of aromatic nitrogens is 2. The van der Waals surface area contributed by atoms with Gasteiger partial charge < -0.3 is 15.7 Å². The normalized spacial score (nSPS) is 12.0. The maximum Gasteiger partial charge on any atom is 0.325 e. The molecule has 19 heavy (non-hydrogen) atoms. The molecule has 1 atom stereocenters. The van der Waals surface area contributed by atoms with Crippen molar-refractivity contribution in [3.63, 3.8) is 0 Å². The predicted octanol–water partition coefficient (Wildman–Crippen LogP) is 1.02. The molecule has 0 aliphatic rings. The van der Waals surface area contributed by atoms with E-state index >= 15 is 0 Å². The number of aliphatic carboxylic acids is 1. The fourth-order valence-electron chi connectivity index (χ4n) is 1.49. The molecule has 0 spiro atoms. The fourth-order valence-corrected chi connectivity index (χ4v) is 2.24. The van der Waals surface area contributed by atoms with Crippen LogP contribution in [0.4, 0.5) is 4.79 Å². The first-order valence-corrected chi connectivity index (χ1v) is 6.63. The first-order chi connectivity index (χ1) is 8.86. The molecule has 1 aromatic rings. The molecule has 1 heterocycles.